The minimum Gasteiger partial charge on any atom is -0.461 e. The lowest BCUT2D eigenvalue weighted by atomic mass is 9.78. The van der Waals surface area contributed by atoms with E-state index in [-0.39, 0.29) is 36.3 Å². The van der Waals surface area contributed by atoms with Crippen LogP contribution in [0.15, 0.2) is 24.3 Å². The van der Waals surface area contributed by atoms with E-state index in [4.69, 9.17) is 23.7 Å². The summed E-state index contributed by atoms with van der Waals surface area (Å²) in [4.78, 5) is 11.7. The lowest BCUT2D eigenvalue weighted by Crippen LogP contribution is -2.53. The Balaban J connectivity index is 1.61. The molecule has 1 aromatic carbocycles. The molecule has 0 N–H and O–H groups in total. The Bertz CT molecular complexity index is 778. The number of benzene rings is 1. The number of hydrogen-bond acceptors (Lipinski definition) is 6. The van der Waals surface area contributed by atoms with E-state index < -0.39 is 12.4 Å². The van der Waals surface area contributed by atoms with E-state index in [0.29, 0.717) is 30.1 Å². The summed E-state index contributed by atoms with van der Waals surface area (Å²) in [5.41, 5.74) is 1.05. The first-order chi connectivity index (χ1) is 16.2. The van der Waals surface area contributed by atoms with Crippen molar-refractivity contribution < 1.29 is 28.5 Å². The zero-order valence-electron chi connectivity index (χ0n) is 22.2. The van der Waals surface area contributed by atoms with Gasteiger partial charge >= 0.3 is 5.97 Å². The predicted octanol–water partition coefficient (Wildman–Crippen LogP) is 5.96. The summed E-state index contributed by atoms with van der Waals surface area (Å²) in [5, 5.41) is 0. The maximum absolute atomic E-state index is 11.7. The Morgan fingerprint density at radius 2 is 1.35 bits per heavy atom. The van der Waals surface area contributed by atoms with Crippen LogP contribution in [0.4, 0.5) is 0 Å². The summed E-state index contributed by atoms with van der Waals surface area (Å²) >= 11 is 0. The quantitative estimate of drug-likeness (QED) is 0.431. The van der Waals surface area contributed by atoms with Crippen molar-refractivity contribution in [2.45, 2.75) is 106 Å². The van der Waals surface area contributed by atoms with Crippen molar-refractivity contribution >= 4 is 5.97 Å². The molecule has 6 heteroatoms. The first kappa shape index (κ1) is 27.0. The van der Waals surface area contributed by atoms with Crippen LogP contribution in [0.3, 0.4) is 0 Å². The van der Waals surface area contributed by atoms with Gasteiger partial charge in [0, 0.05) is 18.8 Å². The maximum Gasteiger partial charge on any atom is 0.303 e. The second-order valence-corrected chi connectivity index (χ2v) is 10.3. The molecule has 2 fully saturated rings. The van der Waals surface area contributed by atoms with Gasteiger partial charge < -0.3 is 23.7 Å². The molecule has 0 aromatic heterocycles. The lowest BCUT2D eigenvalue weighted by molar-refractivity contribution is -0.252. The standard InChI is InChI=1S/C28H44O6/c1-9-24-17(4)16(3)20(7)27(33-24)30-15-22-11-13-23(14-12-22)32-28-26(31-21(8)29)19(6)18(5)25(10-2)34-28/h11-14,16-20,24-28H,9-10,15H2,1-8H3/t16-,17-,18-,19-,20?,24?,25?,26?,27+,28-/m0/s1. The molecule has 0 spiro atoms. The molecule has 4 unspecified atom stereocenters. The van der Waals surface area contributed by atoms with Crippen molar-refractivity contribution in [3.63, 3.8) is 0 Å². The van der Waals surface area contributed by atoms with Crippen LogP contribution in [0, 0.1) is 29.6 Å². The fraction of sp³-hybridized carbons (Fsp3) is 0.750. The smallest absolute Gasteiger partial charge is 0.303 e. The molecule has 34 heavy (non-hydrogen) atoms. The Labute approximate surface area is 205 Å². The summed E-state index contributed by atoms with van der Waals surface area (Å²) in [6, 6.07) is 7.83. The van der Waals surface area contributed by atoms with Gasteiger partial charge in [-0.05, 0) is 48.3 Å². The molecule has 1 aromatic rings. The molecule has 0 saturated carbocycles. The second-order valence-electron chi connectivity index (χ2n) is 10.3. The minimum absolute atomic E-state index is 0.0639. The van der Waals surface area contributed by atoms with E-state index >= 15 is 0 Å². The molecule has 0 radical (unpaired) electrons. The average Bonchev–Trinajstić information content (AvgIpc) is 2.82. The summed E-state index contributed by atoms with van der Waals surface area (Å²) in [6.07, 6.45) is 0.914. The van der Waals surface area contributed by atoms with Crippen LogP contribution in [-0.2, 0) is 30.3 Å². The molecular weight excluding hydrogens is 432 g/mol. The summed E-state index contributed by atoms with van der Waals surface area (Å²) in [5.74, 6) is 2.20. The molecule has 10 atom stereocenters. The number of esters is 1. The SMILES string of the molecule is CCC1O[C@@H](OCc2ccc(O[C@H]3OC(CC)[C@@H](C)[C@H](C)C3OC(C)=O)cc2)C(C)[C@@H](C)[C@@H]1C. The van der Waals surface area contributed by atoms with E-state index in [0.717, 1.165) is 18.4 Å². The van der Waals surface area contributed by atoms with Gasteiger partial charge in [-0.2, -0.15) is 0 Å². The molecule has 2 aliphatic heterocycles. The van der Waals surface area contributed by atoms with E-state index in [1.54, 1.807) is 0 Å². The molecular formula is C28H44O6. The van der Waals surface area contributed by atoms with Crippen LogP contribution >= 0.6 is 0 Å². The fourth-order valence-electron chi connectivity index (χ4n) is 5.30. The maximum atomic E-state index is 11.7. The van der Waals surface area contributed by atoms with Crippen molar-refractivity contribution in [2.75, 3.05) is 0 Å². The molecule has 2 heterocycles. The van der Waals surface area contributed by atoms with Gasteiger partial charge in [-0.25, -0.2) is 0 Å². The molecule has 2 saturated heterocycles. The van der Waals surface area contributed by atoms with Gasteiger partial charge in [0.2, 0.25) is 6.29 Å². The normalized spacial score (nSPS) is 38.4. The fourth-order valence-corrected chi connectivity index (χ4v) is 5.30. The predicted molar refractivity (Wildman–Crippen MR) is 131 cm³/mol. The number of carbonyl (C=O) groups excluding carboxylic acids is 1. The summed E-state index contributed by atoms with van der Waals surface area (Å²) < 4.78 is 30.4. The highest BCUT2D eigenvalue weighted by Crippen LogP contribution is 2.37. The van der Waals surface area contributed by atoms with Crippen LogP contribution in [0.2, 0.25) is 0 Å². The van der Waals surface area contributed by atoms with Crippen molar-refractivity contribution in [3.05, 3.63) is 29.8 Å². The first-order valence-corrected chi connectivity index (χ1v) is 13.0. The van der Waals surface area contributed by atoms with E-state index in [9.17, 15) is 4.79 Å². The third kappa shape index (κ3) is 6.13. The Morgan fingerprint density at radius 1 is 0.794 bits per heavy atom. The summed E-state index contributed by atoms with van der Waals surface area (Å²) in [7, 11) is 0. The first-order valence-electron chi connectivity index (χ1n) is 13.0. The van der Waals surface area contributed by atoms with Crippen LogP contribution in [0.1, 0.15) is 73.8 Å². The van der Waals surface area contributed by atoms with Crippen molar-refractivity contribution in [1.82, 2.24) is 0 Å². The van der Waals surface area contributed by atoms with Crippen LogP contribution in [-0.4, -0.2) is 36.9 Å². The van der Waals surface area contributed by atoms with Gasteiger partial charge in [0.1, 0.15) is 5.75 Å². The van der Waals surface area contributed by atoms with Crippen molar-refractivity contribution in [3.8, 4) is 5.75 Å². The van der Waals surface area contributed by atoms with Crippen LogP contribution in [0.25, 0.3) is 0 Å². The summed E-state index contributed by atoms with van der Waals surface area (Å²) in [6.45, 7) is 17.2. The van der Waals surface area contributed by atoms with Gasteiger partial charge in [0.05, 0.1) is 18.8 Å². The highest BCUT2D eigenvalue weighted by Gasteiger charge is 2.44. The number of rotatable bonds is 8. The van der Waals surface area contributed by atoms with Crippen LogP contribution < -0.4 is 4.74 Å². The van der Waals surface area contributed by atoms with Gasteiger partial charge in [-0.1, -0.05) is 60.6 Å². The van der Waals surface area contributed by atoms with Crippen molar-refractivity contribution in [2.24, 2.45) is 29.6 Å². The number of hydrogen-bond donors (Lipinski definition) is 0. The highest BCUT2D eigenvalue weighted by molar-refractivity contribution is 5.66. The third-order valence-corrected chi connectivity index (χ3v) is 8.19. The molecule has 0 aliphatic carbocycles. The molecule has 192 valence electrons. The Hall–Kier alpha value is -1.63. The van der Waals surface area contributed by atoms with E-state index in [2.05, 4.69) is 48.5 Å². The lowest BCUT2D eigenvalue weighted by Gasteiger charge is -2.43. The second kappa shape index (κ2) is 11.9. The Morgan fingerprint density at radius 3 is 1.91 bits per heavy atom. The Kier molecular flexibility index (Phi) is 9.41. The molecule has 6 nitrogen and oxygen atoms in total. The molecule has 0 amide bonds. The highest BCUT2D eigenvalue weighted by atomic mass is 16.7. The van der Waals surface area contributed by atoms with E-state index in [1.807, 2.05) is 24.3 Å². The van der Waals surface area contributed by atoms with Crippen molar-refractivity contribution in [1.29, 1.82) is 0 Å². The van der Waals surface area contributed by atoms with E-state index in [1.165, 1.54) is 6.92 Å². The third-order valence-electron chi connectivity index (χ3n) is 8.19. The topological polar surface area (TPSA) is 63.2 Å². The average molecular weight is 477 g/mol. The van der Waals surface area contributed by atoms with Gasteiger partial charge in [0.25, 0.3) is 0 Å². The molecule has 3 rings (SSSR count). The molecule has 2 aliphatic rings. The number of carbonyl (C=O) groups is 1. The number of ether oxygens (including phenoxy) is 5. The molecule has 0 bridgehead atoms. The van der Waals surface area contributed by atoms with Crippen LogP contribution in [0.5, 0.6) is 5.75 Å². The minimum atomic E-state index is -0.631. The van der Waals surface area contributed by atoms with Gasteiger partial charge in [-0.3, -0.25) is 4.79 Å². The van der Waals surface area contributed by atoms with Gasteiger partial charge in [-0.15, -0.1) is 0 Å². The van der Waals surface area contributed by atoms with Gasteiger partial charge in [0.15, 0.2) is 12.4 Å². The largest absolute Gasteiger partial charge is 0.461 e. The monoisotopic (exact) mass is 476 g/mol. The zero-order chi connectivity index (χ0) is 25.0. The zero-order valence-corrected chi connectivity index (χ0v) is 22.2.